The van der Waals surface area contributed by atoms with Crippen molar-refractivity contribution < 1.29 is 4.79 Å². The fraction of sp³-hybridized carbons (Fsp3) is 0.929. The summed E-state index contributed by atoms with van der Waals surface area (Å²) in [5.41, 5.74) is 4.94. The van der Waals surface area contributed by atoms with Crippen molar-refractivity contribution in [2.24, 2.45) is 5.73 Å². The second-order valence-corrected chi connectivity index (χ2v) is 5.82. The molecule has 0 spiro atoms. The van der Waals surface area contributed by atoms with Gasteiger partial charge in [-0.1, -0.05) is 13.8 Å². The minimum absolute atomic E-state index is 0.254. The van der Waals surface area contributed by atoms with Crippen LogP contribution in [-0.2, 0) is 4.79 Å². The molecule has 0 aromatic heterocycles. The average molecular weight is 270 g/mol. The Hall–Kier alpha value is -0.650. The van der Waals surface area contributed by atoms with Crippen LogP contribution in [0.25, 0.3) is 0 Å². The van der Waals surface area contributed by atoms with Gasteiger partial charge in [-0.2, -0.15) is 0 Å². The third-order valence-corrected chi connectivity index (χ3v) is 4.37. The quantitative estimate of drug-likeness (QED) is 0.696. The van der Waals surface area contributed by atoms with E-state index in [1.165, 1.54) is 6.42 Å². The Morgan fingerprint density at radius 1 is 1.42 bits per heavy atom. The van der Waals surface area contributed by atoms with E-state index in [4.69, 9.17) is 5.73 Å². The first-order chi connectivity index (χ1) is 8.92. The highest BCUT2D eigenvalue weighted by atomic mass is 16.1. The second-order valence-electron chi connectivity index (χ2n) is 5.82. The SMILES string of the molecule is CCNC(C)(CCN1CCN(C)C(CC)C1)C(N)=O. The fourth-order valence-corrected chi connectivity index (χ4v) is 2.72. The zero-order valence-electron chi connectivity index (χ0n) is 12.9. The molecule has 5 nitrogen and oxygen atoms in total. The first-order valence-corrected chi connectivity index (χ1v) is 7.40. The van der Waals surface area contributed by atoms with Crippen molar-refractivity contribution in [3.8, 4) is 0 Å². The molecule has 3 N–H and O–H groups in total. The molecule has 1 heterocycles. The molecule has 1 rings (SSSR count). The molecule has 0 saturated carbocycles. The van der Waals surface area contributed by atoms with Crippen molar-refractivity contribution in [2.45, 2.75) is 45.2 Å². The Morgan fingerprint density at radius 3 is 2.63 bits per heavy atom. The number of hydrogen-bond acceptors (Lipinski definition) is 4. The van der Waals surface area contributed by atoms with E-state index in [0.29, 0.717) is 6.04 Å². The molecule has 1 fully saturated rings. The molecule has 19 heavy (non-hydrogen) atoms. The van der Waals surface area contributed by atoms with Crippen molar-refractivity contribution >= 4 is 5.91 Å². The summed E-state index contributed by atoms with van der Waals surface area (Å²) in [6.45, 7) is 11.1. The van der Waals surface area contributed by atoms with Crippen molar-refractivity contribution in [1.29, 1.82) is 0 Å². The van der Waals surface area contributed by atoms with Gasteiger partial charge in [0.2, 0.25) is 5.91 Å². The predicted molar refractivity (Wildman–Crippen MR) is 79.0 cm³/mol. The van der Waals surface area contributed by atoms with E-state index in [1.807, 2.05) is 13.8 Å². The predicted octanol–water partition coefficient (Wildman–Crippen LogP) is 0.256. The zero-order chi connectivity index (χ0) is 14.5. The molecule has 0 aliphatic carbocycles. The molecule has 1 amide bonds. The Bertz CT molecular complexity index is 297. The summed E-state index contributed by atoms with van der Waals surface area (Å²) in [4.78, 5) is 16.5. The summed E-state index contributed by atoms with van der Waals surface area (Å²) in [5.74, 6) is -0.254. The van der Waals surface area contributed by atoms with Gasteiger partial charge in [-0.05, 0) is 33.4 Å². The Balaban J connectivity index is 2.49. The molecule has 0 aromatic rings. The number of nitrogens with one attached hydrogen (secondary N) is 1. The molecule has 1 saturated heterocycles. The van der Waals surface area contributed by atoms with Crippen LogP contribution in [0.1, 0.15) is 33.6 Å². The number of likely N-dealkylation sites (N-methyl/N-ethyl adjacent to an activating group) is 2. The number of carbonyl (C=O) groups is 1. The Morgan fingerprint density at radius 2 is 2.11 bits per heavy atom. The van der Waals surface area contributed by atoms with Crippen LogP contribution in [0.4, 0.5) is 0 Å². The lowest BCUT2D eigenvalue weighted by Crippen LogP contribution is -2.56. The highest BCUT2D eigenvalue weighted by Gasteiger charge is 2.31. The molecular formula is C14H30N4O. The lowest BCUT2D eigenvalue weighted by Gasteiger charge is -2.40. The Kier molecular flexibility index (Phi) is 6.23. The van der Waals surface area contributed by atoms with Crippen molar-refractivity contribution in [1.82, 2.24) is 15.1 Å². The maximum Gasteiger partial charge on any atom is 0.237 e. The lowest BCUT2D eigenvalue weighted by atomic mass is 9.96. The number of nitrogens with two attached hydrogens (primary N) is 1. The lowest BCUT2D eigenvalue weighted by molar-refractivity contribution is -0.124. The van der Waals surface area contributed by atoms with Gasteiger partial charge in [-0.15, -0.1) is 0 Å². The highest BCUT2D eigenvalue weighted by Crippen LogP contribution is 2.14. The topological polar surface area (TPSA) is 61.6 Å². The molecule has 0 aromatic carbocycles. The van der Waals surface area contributed by atoms with Crippen LogP contribution >= 0.6 is 0 Å². The molecular weight excluding hydrogens is 240 g/mol. The molecule has 1 aliphatic heterocycles. The van der Waals surface area contributed by atoms with Crippen LogP contribution in [0.2, 0.25) is 0 Å². The van der Waals surface area contributed by atoms with Gasteiger partial charge in [0.05, 0.1) is 5.54 Å². The number of amides is 1. The van der Waals surface area contributed by atoms with Crippen LogP contribution < -0.4 is 11.1 Å². The maximum atomic E-state index is 11.6. The van der Waals surface area contributed by atoms with Crippen molar-refractivity contribution in [2.75, 3.05) is 39.8 Å². The van der Waals surface area contributed by atoms with Gasteiger partial charge in [0, 0.05) is 32.2 Å². The first kappa shape index (κ1) is 16.4. The number of rotatable bonds is 7. The maximum absolute atomic E-state index is 11.6. The number of carbonyl (C=O) groups excluding carboxylic acids is 1. The normalized spacial score (nSPS) is 25.2. The van der Waals surface area contributed by atoms with E-state index in [-0.39, 0.29) is 5.91 Å². The van der Waals surface area contributed by atoms with Gasteiger partial charge in [-0.25, -0.2) is 0 Å². The summed E-state index contributed by atoms with van der Waals surface area (Å²) in [6.07, 6.45) is 1.95. The third kappa shape index (κ3) is 4.44. The second kappa shape index (κ2) is 7.22. The van der Waals surface area contributed by atoms with E-state index in [2.05, 4.69) is 29.1 Å². The minimum atomic E-state index is -0.584. The van der Waals surface area contributed by atoms with E-state index in [1.54, 1.807) is 0 Å². The third-order valence-electron chi connectivity index (χ3n) is 4.37. The van der Waals surface area contributed by atoms with Gasteiger partial charge in [-0.3, -0.25) is 4.79 Å². The number of primary amides is 1. The smallest absolute Gasteiger partial charge is 0.237 e. The molecule has 2 atom stereocenters. The zero-order valence-corrected chi connectivity index (χ0v) is 12.9. The van der Waals surface area contributed by atoms with Crippen LogP contribution in [0.15, 0.2) is 0 Å². The molecule has 112 valence electrons. The molecule has 1 aliphatic rings. The highest BCUT2D eigenvalue weighted by molar-refractivity contribution is 5.84. The summed E-state index contributed by atoms with van der Waals surface area (Å²) in [6, 6.07) is 0.632. The van der Waals surface area contributed by atoms with Crippen molar-refractivity contribution in [3.63, 3.8) is 0 Å². The fourth-order valence-electron chi connectivity index (χ4n) is 2.72. The van der Waals surface area contributed by atoms with Crippen LogP contribution in [-0.4, -0.2) is 67.1 Å². The molecule has 0 radical (unpaired) electrons. The van der Waals surface area contributed by atoms with Gasteiger partial charge < -0.3 is 20.9 Å². The number of hydrogen-bond donors (Lipinski definition) is 2. The standard InChI is InChI=1S/C14H30N4O/c1-5-12-11-18(10-9-17(12)4)8-7-14(3,13(15)19)16-6-2/h12,16H,5-11H2,1-4H3,(H2,15,19). The van der Waals surface area contributed by atoms with E-state index in [9.17, 15) is 4.79 Å². The number of piperazine rings is 1. The molecule has 2 unspecified atom stereocenters. The number of nitrogens with zero attached hydrogens (tertiary/aromatic N) is 2. The van der Waals surface area contributed by atoms with Gasteiger partial charge >= 0.3 is 0 Å². The summed E-state index contributed by atoms with van der Waals surface area (Å²) >= 11 is 0. The van der Waals surface area contributed by atoms with Crippen molar-refractivity contribution in [3.05, 3.63) is 0 Å². The summed E-state index contributed by atoms with van der Waals surface area (Å²) < 4.78 is 0. The van der Waals surface area contributed by atoms with E-state index < -0.39 is 5.54 Å². The summed E-state index contributed by atoms with van der Waals surface area (Å²) in [5, 5.41) is 3.22. The average Bonchev–Trinajstić information content (AvgIpc) is 2.38. The summed E-state index contributed by atoms with van der Waals surface area (Å²) in [7, 11) is 2.19. The first-order valence-electron chi connectivity index (χ1n) is 7.40. The van der Waals surface area contributed by atoms with Crippen LogP contribution in [0, 0.1) is 0 Å². The molecule has 0 bridgehead atoms. The van der Waals surface area contributed by atoms with Crippen LogP contribution in [0.3, 0.4) is 0 Å². The van der Waals surface area contributed by atoms with E-state index >= 15 is 0 Å². The van der Waals surface area contributed by atoms with E-state index in [0.717, 1.165) is 39.1 Å². The minimum Gasteiger partial charge on any atom is -0.368 e. The largest absolute Gasteiger partial charge is 0.368 e. The van der Waals surface area contributed by atoms with Gasteiger partial charge in [0.15, 0.2) is 0 Å². The Labute approximate surface area is 117 Å². The van der Waals surface area contributed by atoms with Gasteiger partial charge in [0.1, 0.15) is 0 Å². The molecule has 5 heteroatoms. The van der Waals surface area contributed by atoms with Gasteiger partial charge in [0.25, 0.3) is 0 Å². The monoisotopic (exact) mass is 270 g/mol. The van der Waals surface area contributed by atoms with Crippen LogP contribution in [0.5, 0.6) is 0 Å².